The van der Waals surface area contributed by atoms with Gasteiger partial charge in [0, 0.05) is 5.41 Å². The molecule has 26 heavy (non-hydrogen) atoms. The van der Waals surface area contributed by atoms with Crippen LogP contribution in [0.3, 0.4) is 0 Å². The second kappa shape index (κ2) is 7.68. The van der Waals surface area contributed by atoms with Gasteiger partial charge in [0.2, 0.25) is 0 Å². The van der Waals surface area contributed by atoms with Gasteiger partial charge >= 0.3 is 5.97 Å². The van der Waals surface area contributed by atoms with Gasteiger partial charge < -0.3 is 4.74 Å². The van der Waals surface area contributed by atoms with Gasteiger partial charge in [0.1, 0.15) is 5.60 Å². The number of allylic oxidation sites excluding steroid dienone is 2. The fourth-order valence-corrected chi connectivity index (χ4v) is 6.97. The lowest BCUT2D eigenvalue weighted by Gasteiger charge is -2.52. The van der Waals surface area contributed by atoms with Crippen molar-refractivity contribution in [2.75, 3.05) is 0 Å². The van der Waals surface area contributed by atoms with E-state index in [4.69, 9.17) is 4.74 Å². The van der Waals surface area contributed by atoms with Crippen molar-refractivity contribution in [2.45, 2.75) is 109 Å². The number of esters is 1. The third-order valence-electron chi connectivity index (χ3n) is 8.50. The average molecular weight is 359 g/mol. The maximum Gasteiger partial charge on any atom is 0.309 e. The van der Waals surface area contributed by atoms with Gasteiger partial charge in [-0.15, -0.1) is 0 Å². The molecule has 4 unspecified atom stereocenters. The Labute approximate surface area is 160 Å². The van der Waals surface area contributed by atoms with E-state index in [0.717, 1.165) is 43.9 Å². The molecule has 2 heteroatoms. The highest BCUT2D eigenvalue weighted by Gasteiger charge is 2.57. The standard InChI is InChI=1S/C24H38O2/c1-2-19-12-16-23(13-8-9-20(17-19)18-23)24(14-6-7-15-24)26-22(25)21-10-4-3-5-11-21/h3-4,19-21H,2,5-18H2,1H3. The van der Waals surface area contributed by atoms with Crippen LogP contribution in [-0.4, -0.2) is 11.6 Å². The Morgan fingerprint density at radius 2 is 1.88 bits per heavy atom. The maximum absolute atomic E-state index is 13.1. The first kappa shape index (κ1) is 18.6. The summed E-state index contributed by atoms with van der Waals surface area (Å²) >= 11 is 0. The molecule has 4 atom stereocenters. The molecule has 0 aromatic rings. The van der Waals surface area contributed by atoms with Gasteiger partial charge in [0.15, 0.2) is 0 Å². The molecular formula is C24H38O2. The lowest BCUT2D eigenvalue weighted by atomic mass is 9.58. The Hall–Kier alpha value is -0.790. The highest BCUT2D eigenvalue weighted by Crippen LogP contribution is 2.60. The second-order valence-corrected chi connectivity index (χ2v) is 9.90. The monoisotopic (exact) mass is 358 g/mol. The summed E-state index contributed by atoms with van der Waals surface area (Å²) in [6, 6.07) is 0. The van der Waals surface area contributed by atoms with Gasteiger partial charge in [0.05, 0.1) is 5.92 Å². The van der Waals surface area contributed by atoms with Crippen LogP contribution in [0.4, 0.5) is 0 Å². The molecule has 0 spiro atoms. The van der Waals surface area contributed by atoms with Crippen molar-refractivity contribution in [2.24, 2.45) is 23.2 Å². The van der Waals surface area contributed by atoms with Gasteiger partial charge in [-0.2, -0.15) is 0 Å². The number of fused-ring (bicyclic) bond motifs is 2. The molecule has 0 aliphatic heterocycles. The van der Waals surface area contributed by atoms with E-state index in [1.54, 1.807) is 0 Å². The molecule has 0 saturated heterocycles. The van der Waals surface area contributed by atoms with Crippen molar-refractivity contribution in [3.8, 4) is 0 Å². The second-order valence-electron chi connectivity index (χ2n) is 9.90. The van der Waals surface area contributed by atoms with E-state index in [9.17, 15) is 4.79 Å². The van der Waals surface area contributed by atoms with Crippen LogP contribution in [0.1, 0.15) is 103 Å². The van der Waals surface area contributed by atoms with Crippen LogP contribution in [0, 0.1) is 23.2 Å². The molecule has 0 radical (unpaired) electrons. The summed E-state index contributed by atoms with van der Waals surface area (Å²) in [6.45, 7) is 2.37. The predicted molar refractivity (Wildman–Crippen MR) is 106 cm³/mol. The fourth-order valence-electron chi connectivity index (χ4n) is 6.97. The first-order chi connectivity index (χ1) is 12.7. The highest BCUT2D eigenvalue weighted by molar-refractivity contribution is 5.73. The summed E-state index contributed by atoms with van der Waals surface area (Å²) in [4.78, 5) is 13.1. The minimum atomic E-state index is -0.132. The summed E-state index contributed by atoms with van der Waals surface area (Å²) in [6.07, 6.45) is 22.9. The average Bonchev–Trinajstić information content (AvgIpc) is 3.11. The molecular weight excluding hydrogens is 320 g/mol. The van der Waals surface area contributed by atoms with Crippen LogP contribution in [-0.2, 0) is 9.53 Å². The van der Waals surface area contributed by atoms with Crippen LogP contribution in [0.25, 0.3) is 0 Å². The van der Waals surface area contributed by atoms with Gasteiger partial charge in [-0.3, -0.25) is 4.79 Å². The van der Waals surface area contributed by atoms with Crippen molar-refractivity contribution in [1.29, 1.82) is 0 Å². The number of carbonyl (C=O) groups excluding carboxylic acids is 1. The van der Waals surface area contributed by atoms with Crippen LogP contribution >= 0.6 is 0 Å². The maximum atomic E-state index is 13.1. The van der Waals surface area contributed by atoms with Crippen LogP contribution < -0.4 is 0 Å². The van der Waals surface area contributed by atoms with Gasteiger partial charge in [-0.25, -0.2) is 0 Å². The predicted octanol–water partition coefficient (Wildman–Crippen LogP) is 6.59. The van der Waals surface area contributed by atoms with Crippen molar-refractivity contribution in [3.05, 3.63) is 12.2 Å². The Balaban J connectivity index is 1.58. The van der Waals surface area contributed by atoms with Crippen molar-refractivity contribution < 1.29 is 9.53 Å². The molecule has 3 fully saturated rings. The summed E-state index contributed by atoms with van der Waals surface area (Å²) in [5, 5.41) is 0. The molecule has 146 valence electrons. The fraction of sp³-hybridized carbons (Fsp3) is 0.875. The van der Waals surface area contributed by atoms with Crippen molar-refractivity contribution >= 4 is 5.97 Å². The molecule has 0 aromatic carbocycles. The lowest BCUT2D eigenvalue weighted by molar-refractivity contribution is -0.189. The first-order valence-electron chi connectivity index (χ1n) is 11.5. The molecule has 0 heterocycles. The Morgan fingerprint density at radius 3 is 2.62 bits per heavy atom. The molecule has 2 bridgehead atoms. The molecule has 3 saturated carbocycles. The topological polar surface area (TPSA) is 26.3 Å². The number of hydrogen-bond acceptors (Lipinski definition) is 2. The number of carbonyl (C=O) groups is 1. The summed E-state index contributed by atoms with van der Waals surface area (Å²) in [5.41, 5.74) is 0.156. The summed E-state index contributed by atoms with van der Waals surface area (Å²) < 4.78 is 6.61. The van der Waals surface area contributed by atoms with Crippen LogP contribution in [0.5, 0.6) is 0 Å². The Bertz CT molecular complexity index is 530. The quantitative estimate of drug-likeness (QED) is 0.419. The van der Waals surface area contributed by atoms with Crippen LogP contribution in [0.2, 0.25) is 0 Å². The smallest absolute Gasteiger partial charge is 0.309 e. The van der Waals surface area contributed by atoms with E-state index in [0.29, 0.717) is 0 Å². The van der Waals surface area contributed by atoms with Gasteiger partial charge in [0.25, 0.3) is 0 Å². The Kier molecular flexibility index (Phi) is 5.48. The van der Waals surface area contributed by atoms with E-state index in [2.05, 4.69) is 19.1 Å². The van der Waals surface area contributed by atoms with Gasteiger partial charge in [-0.05, 0) is 88.9 Å². The zero-order valence-electron chi connectivity index (χ0n) is 16.8. The van der Waals surface area contributed by atoms with Crippen molar-refractivity contribution in [3.63, 3.8) is 0 Å². The van der Waals surface area contributed by atoms with Crippen molar-refractivity contribution in [1.82, 2.24) is 0 Å². The molecule has 0 N–H and O–H groups in total. The van der Waals surface area contributed by atoms with Crippen LogP contribution in [0.15, 0.2) is 12.2 Å². The van der Waals surface area contributed by atoms with E-state index in [-0.39, 0.29) is 22.9 Å². The molecule has 0 amide bonds. The van der Waals surface area contributed by atoms with E-state index >= 15 is 0 Å². The number of rotatable bonds is 4. The van der Waals surface area contributed by atoms with E-state index in [1.807, 2.05) is 0 Å². The lowest BCUT2D eigenvalue weighted by Crippen LogP contribution is -2.52. The zero-order chi connectivity index (χ0) is 18.0. The summed E-state index contributed by atoms with van der Waals surface area (Å²) in [7, 11) is 0. The highest BCUT2D eigenvalue weighted by atomic mass is 16.6. The normalized spacial score (nSPS) is 39.3. The molecule has 4 aliphatic rings. The first-order valence-corrected chi connectivity index (χ1v) is 11.5. The Morgan fingerprint density at radius 1 is 1.04 bits per heavy atom. The molecule has 2 nitrogen and oxygen atoms in total. The third-order valence-corrected chi connectivity index (χ3v) is 8.50. The van der Waals surface area contributed by atoms with E-state index in [1.165, 1.54) is 64.2 Å². The number of ether oxygens (including phenoxy) is 1. The largest absolute Gasteiger partial charge is 0.458 e. The summed E-state index contributed by atoms with van der Waals surface area (Å²) in [5.74, 6) is 2.02. The molecule has 0 aromatic heterocycles. The third kappa shape index (κ3) is 3.38. The molecule has 4 rings (SSSR count). The minimum absolute atomic E-state index is 0.113. The van der Waals surface area contributed by atoms with E-state index < -0.39 is 0 Å². The minimum Gasteiger partial charge on any atom is -0.458 e. The zero-order valence-corrected chi connectivity index (χ0v) is 16.8. The van der Waals surface area contributed by atoms with Gasteiger partial charge in [-0.1, -0.05) is 38.3 Å². The molecule has 4 aliphatic carbocycles. The number of hydrogen-bond donors (Lipinski definition) is 0. The SMILES string of the molecule is CCC1CCC2(C3(OC(=O)C4CC=CCC4)CCCC3)CCCC(C1)C2.